The molecule has 98 valence electrons. The largest absolute Gasteiger partial charge is 0.393 e. The van der Waals surface area contributed by atoms with E-state index in [1.54, 1.807) is 18.2 Å². The maximum Gasteiger partial charge on any atom is 0.251 e. The Morgan fingerprint density at radius 2 is 2.17 bits per heavy atom. The van der Waals surface area contributed by atoms with Crippen LogP contribution in [0.3, 0.4) is 0 Å². The second-order valence-electron chi connectivity index (χ2n) is 4.14. The Hall–Kier alpha value is -1.13. The van der Waals surface area contributed by atoms with Crippen molar-refractivity contribution in [2.45, 2.75) is 26.2 Å². The molecule has 1 aromatic rings. The van der Waals surface area contributed by atoms with E-state index in [0.29, 0.717) is 22.1 Å². The van der Waals surface area contributed by atoms with E-state index in [4.69, 9.17) is 29.6 Å². The number of benzene rings is 1. The number of nitrogens with one attached hydrogen (secondary N) is 1. The number of unbranched alkanes of at least 4 members (excludes halogenated alkanes) is 1. The smallest absolute Gasteiger partial charge is 0.251 e. The molecule has 0 heterocycles. The van der Waals surface area contributed by atoms with Crippen molar-refractivity contribution in [1.82, 2.24) is 5.32 Å². The van der Waals surface area contributed by atoms with E-state index >= 15 is 0 Å². The minimum absolute atomic E-state index is 0.0699. The van der Waals surface area contributed by atoms with Crippen LogP contribution in [0.25, 0.3) is 0 Å². The molecule has 1 rings (SSSR count). The topological polar surface area (TPSA) is 55.1 Å². The Morgan fingerprint density at radius 1 is 1.44 bits per heavy atom. The second kappa shape index (κ2) is 7.34. The Kier molecular flexibility index (Phi) is 6.09. The molecule has 0 bridgehead atoms. The number of hydrogen-bond donors (Lipinski definition) is 2. The zero-order valence-corrected chi connectivity index (χ0v) is 11.9. The molecule has 5 heteroatoms. The zero-order valence-electron chi connectivity index (χ0n) is 10.3. The molecule has 0 unspecified atom stereocenters. The summed E-state index contributed by atoms with van der Waals surface area (Å²) in [5.41, 5.74) is 6.93. The molecule has 1 aromatic carbocycles. The number of amides is 1. The molecule has 0 aliphatic heterocycles. The number of thiocarbonyl (C=S) groups is 1. The van der Waals surface area contributed by atoms with E-state index in [1.165, 1.54) is 0 Å². The molecule has 0 aromatic heterocycles. The normalized spacial score (nSPS) is 10.1. The van der Waals surface area contributed by atoms with E-state index in [2.05, 4.69) is 5.32 Å². The molecular weight excluding hydrogens is 268 g/mol. The minimum Gasteiger partial charge on any atom is -0.393 e. The molecule has 0 saturated carbocycles. The van der Waals surface area contributed by atoms with Crippen LogP contribution in [0, 0.1) is 6.92 Å². The summed E-state index contributed by atoms with van der Waals surface area (Å²) in [5, 5.41) is 3.51. The number of carbonyl (C=O) groups is 1. The lowest BCUT2D eigenvalue weighted by atomic mass is 10.1. The van der Waals surface area contributed by atoms with Crippen LogP contribution in [0.1, 0.15) is 35.2 Å². The van der Waals surface area contributed by atoms with E-state index in [9.17, 15) is 4.79 Å². The molecule has 1 amide bonds. The van der Waals surface area contributed by atoms with Crippen molar-refractivity contribution >= 4 is 34.7 Å². The number of aryl methyl sites for hydroxylation is 1. The van der Waals surface area contributed by atoms with Crippen molar-refractivity contribution < 1.29 is 4.79 Å². The van der Waals surface area contributed by atoms with Crippen molar-refractivity contribution in [1.29, 1.82) is 0 Å². The van der Waals surface area contributed by atoms with Gasteiger partial charge in [-0.15, -0.1) is 0 Å². The van der Waals surface area contributed by atoms with Gasteiger partial charge in [0, 0.05) is 17.1 Å². The van der Waals surface area contributed by atoms with Crippen LogP contribution in [0.4, 0.5) is 0 Å². The van der Waals surface area contributed by atoms with Crippen molar-refractivity contribution in [3.63, 3.8) is 0 Å². The van der Waals surface area contributed by atoms with Gasteiger partial charge >= 0.3 is 0 Å². The van der Waals surface area contributed by atoms with Crippen LogP contribution in [0.5, 0.6) is 0 Å². The molecule has 3 N–H and O–H groups in total. The van der Waals surface area contributed by atoms with Gasteiger partial charge < -0.3 is 11.1 Å². The first-order valence-corrected chi connectivity index (χ1v) is 6.62. The molecule has 3 nitrogen and oxygen atoms in total. The Balaban J connectivity index is 2.39. The Morgan fingerprint density at radius 3 is 2.78 bits per heavy atom. The van der Waals surface area contributed by atoms with Crippen molar-refractivity contribution in [2.24, 2.45) is 5.73 Å². The molecule has 18 heavy (non-hydrogen) atoms. The van der Waals surface area contributed by atoms with Gasteiger partial charge in [0.1, 0.15) is 0 Å². The average molecular weight is 285 g/mol. The number of halogens is 1. The zero-order chi connectivity index (χ0) is 13.5. The fraction of sp³-hybridized carbons (Fsp3) is 0.385. The quantitative estimate of drug-likeness (QED) is 0.624. The summed E-state index contributed by atoms with van der Waals surface area (Å²) >= 11 is 10.6. The molecular formula is C13H17ClN2OS. The number of rotatable bonds is 6. The average Bonchev–Trinajstić information content (AvgIpc) is 2.27. The number of carbonyl (C=O) groups excluding carboxylic acids is 1. The van der Waals surface area contributed by atoms with Gasteiger partial charge in [-0.25, -0.2) is 0 Å². The van der Waals surface area contributed by atoms with Crippen LogP contribution in [-0.4, -0.2) is 17.4 Å². The summed E-state index contributed by atoms with van der Waals surface area (Å²) < 4.78 is 0. The van der Waals surface area contributed by atoms with Crippen LogP contribution >= 0.6 is 23.8 Å². The van der Waals surface area contributed by atoms with Crippen LogP contribution in [0.2, 0.25) is 5.02 Å². The minimum atomic E-state index is -0.0699. The molecule has 0 spiro atoms. The maximum atomic E-state index is 11.9. The van der Waals surface area contributed by atoms with Gasteiger partial charge in [0.15, 0.2) is 0 Å². The highest BCUT2D eigenvalue weighted by molar-refractivity contribution is 7.80. The third-order valence-corrected chi connectivity index (χ3v) is 3.01. The fourth-order valence-corrected chi connectivity index (χ4v) is 1.97. The van der Waals surface area contributed by atoms with E-state index < -0.39 is 0 Å². The monoisotopic (exact) mass is 284 g/mol. The van der Waals surface area contributed by atoms with Crippen LogP contribution in [-0.2, 0) is 0 Å². The molecule has 0 radical (unpaired) electrons. The first kappa shape index (κ1) is 14.9. The summed E-state index contributed by atoms with van der Waals surface area (Å²) in [7, 11) is 0. The summed E-state index contributed by atoms with van der Waals surface area (Å²) in [6, 6.07) is 5.24. The molecule has 0 aliphatic rings. The third-order valence-electron chi connectivity index (χ3n) is 2.57. The van der Waals surface area contributed by atoms with Gasteiger partial charge in [0.25, 0.3) is 5.91 Å². The van der Waals surface area contributed by atoms with Gasteiger partial charge in [-0.05, 0) is 49.9 Å². The lowest BCUT2D eigenvalue weighted by molar-refractivity contribution is 0.0952. The summed E-state index contributed by atoms with van der Waals surface area (Å²) in [5.74, 6) is -0.0699. The highest BCUT2D eigenvalue weighted by Gasteiger charge is 2.08. The lowest BCUT2D eigenvalue weighted by Crippen LogP contribution is -2.25. The molecule has 0 fully saturated rings. The number of nitrogens with two attached hydrogens (primary N) is 1. The predicted octanol–water partition coefficient (Wildman–Crippen LogP) is 2.83. The van der Waals surface area contributed by atoms with Crippen LogP contribution in [0.15, 0.2) is 18.2 Å². The molecule has 0 saturated heterocycles. The first-order chi connectivity index (χ1) is 8.50. The van der Waals surface area contributed by atoms with E-state index in [-0.39, 0.29) is 5.91 Å². The third kappa shape index (κ3) is 5.02. The molecule has 0 aliphatic carbocycles. The Bertz CT molecular complexity index is 449. The second-order valence-corrected chi connectivity index (χ2v) is 5.10. The maximum absolute atomic E-state index is 11.9. The van der Waals surface area contributed by atoms with Crippen molar-refractivity contribution in [3.05, 3.63) is 34.3 Å². The summed E-state index contributed by atoms with van der Waals surface area (Å²) in [6.45, 7) is 2.50. The van der Waals surface area contributed by atoms with E-state index in [0.717, 1.165) is 24.8 Å². The van der Waals surface area contributed by atoms with Gasteiger partial charge in [-0.1, -0.05) is 23.8 Å². The SMILES string of the molecule is Cc1cc(Cl)ccc1C(=O)NCCCCC(N)=S. The molecule has 0 atom stereocenters. The van der Waals surface area contributed by atoms with Crippen molar-refractivity contribution in [3.8, 4) is 0 Å². The Labute approximate surface area is 118 Å². The highest BCUT2D eigenvalue weighted by atomic mass is 35.5. The standard InChI is InChI=1S/C13H17ClN2OS/c1-9-8-10(14)5-6-11(9)13(17)16-7-3-2-4-12(15)18/h5-6,8H,2-4,7H2,1H3,(H2,15,18)(H,16,17). The fourth-order valence-electron chi connectivity index (χ4n) is 1.60. The van der Waals surface area contributed by atoms with Gasteiger partial charge in [-0.3, -0.25) is 4.79 Å². The van der Waals surface area contributed by atoms with Crippen LogP contribution < -0.4 is 11.1 Å². The van der Waals surface area contributed by atoms with Gasteiger partial charge in [0.05, 0.1) is 4.99 Å². The van der Waals surface area contributed by atoms with Gasteiger partial charge in [0.2, 0.25) is 0 Å². The predicted molar refractivity (Wildman–Crippen MR) is 79.2 cm³/mol. The first-order valence-electron chi connectivity index (χ1n) is 5.83. The lowest BCUT2D eigenvalue weighted by Gasteiger charge is -2.07. The highest BCUT2D eigenvalue weighted by Crippen LogP contribution is 2.14. The van der Waals surface area contributed by atoms with Gasteiger partial charge in [-0.2, -0.15) is 0 Å². The van der Waals surface area contributed by atoms with E-state index in [1.807, 2.05) is 6.92 Å². The summed E-state index contributed by atoms with van der Waals surface area (Å²) in [6.07, 6.45) is 2.50. The van der Waals surface area contributed by atoms with Crippen molar-refractivity contribution in [2.75, 3.05) is 6.54 Å². The summed E-state index contributed by atoms with van der Waals surface area (Å²) in [4.78, 5) is 12.4. The number of hydrogen-bond acceptors (Lipinski definition) is 2.